The number of aryl methyl sites for hydroxylation is 1. The molecule has 0 radical (unpaired) electrons. The van der Waals surface area contributed by atoms with E-state index in [0.717, 1.165) is 37.4 Å². The summed E-state index contributed by atoms with van der Waals surface area (Å²) in [4.78, 5) is 19.3. The van der Waals surface area contributed by atoms with Crippen LogP contribution in [0.4, 0.5) is 4.39 Å². The topological polar surface area (TPSA) is 45.2 Å². The molecular formula is C19H20FN3O. The standard InChI is InChI=1S/C19H20FN3O/c1-13-4-2-7-17(21-13)11-23-10-15-9-19(15,12-23)22-18(24)14-5-3-6-16(20)8-14/h2-8,15H,9-12H2,1H3,(H,22,24)/t15?,19-/m0/s1. The second kappa shape index (κ2) is 5.67. The quantitative estimate of drug-likeness (QED) is 0.939. The van der Waals surface area contributed by atoms with E-state index < -0.39 is 0 Å². The van der Waals surface area contributed by atoms with Crippen LogP contribution in [-0.2, 0) is 6.54 Å². The molecule has 2 fully saturated rings. The summed E-state index contributed by atoms with van der Waals surface area (Å²) in [6, 6.07) is 11.9. The molecule has 1 aliphatic carbocycles. The van der Waals surface area contributed by atoms with Gasteiger partial charge in [0, 0.05) is 30.9 Å². The lowest BCUT2D eigenvalue weighted by Crippen LogP contribution is -2.42. The summed E-state index contributed by atoms with van der Waals surface area (Å²) in [5.41, 5.74) is 2.32. The average Bonchev–Trinajstić information content (AvgIpc) is 3.07. The van der Waals surface area contributed by atoms with Gasteiger partial charge in [-0.25, -0.2) is 4.39 Å². The molecule has 1 saturated carbocycles. The van der Waals surface area contributed by atoms with Crippen LogP contribution >= 0.6 is 0 Å². The van der Waals surface area contributed by atoms with Crippen molar-refractivity contribution in [1.29, 1.82) is 0 Å². The van der Waals surface area contributed by atoms with Crippen molar-refractivity contribution >= 4 is 5.91 Å². The van der Waals surface area contributed by atoms with E-state index in [2.05, 4.69) is 15.2 Å². The van der Waals surface area contributed by atoms with Gasteiger partial charge in [0.2, 0.25) is 0 Å². The molecule has 2 atom stereocenters. The molecule has 2 aliphatic rings. The molecule has 1 aliphatic heterocycles. The number of rotatable bonds is 4. The Morgan fingerprint density at radius 3 is 3.00 bits per heavy atom. The van der Waals surface area contributed by atoms with E-state index in [0.29, 0.717) is 11.5 Å². The lowest BCUT2D eigenvalue weighted by Gasteiger charge is -2.21. The minimum absolute atomic E-state index is 0.146. The fourth-order valence-electron chi connectivity index (χ4n) is 3.75. The third-order valence-electron chi connectivity index (χ3n) is 5.00. The maximum absolute atomic E-state index is 13.3. The van der Waals surface area contributed by atoms with Gasteiger partial charge >= 0.3 is 0 Å². The van der Waals surface area contributed by atoms with Crippen LogP contribution in [0.15, 0.2) is 42.5 Å². The molecule has 4 nitrogen and oxygen atoms in total. The van der Waals surface area contributed by atoms with E-state index in [1.807, 2.05) is 25.1 Å². The van der Waals surface area contributed by atoms with Crippen molar-refractivity contribution in [2.75, 3.05) is 13.1 Å². The van der Waals surface area contributed by atoms with Crippen molar-refractivity contribution < 1.29 is 9.18 Å². The molecular weight excluding hydrogens is 305 g/mol. The number of piperidine rings is 1. The number of pyridine rings is 1. The minimum atomic E-state index is -0.383. The normalized spacial score (nSPS) is 25.3. The van der Waals surface area contributed by atoms with Crippen LogP contribution in [-0.4, -0.2) is 34.4 Å². The first-order chi connectivity index (χ1) is 11.5. The molecule has 1 N–H and O–H groups in total. The predicted molar refractivity (Wildman–Crippen MR) is 89.0 cm³/mol. The van der Waals surface area contributed by atoms with E-state index >= 15 is 0 Å². The number of carbonyl (C=O) groups is 1. The molecule has 1 aromatic heterocycles. The Bertz CT molecular complexity index is 794. The molecule has 1 unspecified atom stereocenters. The van der Waals surface area contributed by atoms with Gasteiger partial charge in [-0.3, -0.25) is 14.7 Å². The molecule has 2 aromatic rings. The highest BCUT2D eigenvalue weighted by atomic mass is 19.1. The molecule has 124 valence electrons. The van der Waals surface area contributed by atoms with E-state index in [9.17, 15) is 9.18 Å². The number of carbonyl (C=O) groups excluding carboxylic acids is 1. The SMILES string of the molecule is Cc1cccc(CN2CC3C[C@]3(NC(=O)c3cccc(F)c3)C2)n1. The fourth-order valence-corrected chi connectivity index (χ4v) is 3.75. The minimum Gasteiger partial charge on any atom is -0.345 e. The molecule has 2 heterocycles. The Kier molecular flexibility index (Phi) is 3.61. The van der Waals surface area contributed by atoms with Gasteiger partial charge in [-0.1, -0.05) is 12.1 Å². The summed E-state index contributed by atoms with van der Waals surface area (Å²) in [7, 11) is 0. The first kappa shape index (κ1) is 15.3. The van der Waals surface area contributed by atoms with Gasteiger partial charge < -0.3 is 5.32 Å². The van der Waals surface area contributed by atoms with E-state index in [1.54, 1.807) is 12.1 Å². The molecule has 24 heavy (non-hydrogen) atoms. The van der Waals surface area contributed by atoms with Crippen molar-refractivity contribution in [3.8, 4) is 0 Å². The van der Waals surface area contributed by atoms with Gasteiger partial charge in [0.25, 0.3) is 5.91 Å². The van der Waals surface area contributed by atoms with E-state index in [1.165, 1.54) is 12.1 Å². The first-order valence-electron chi connectivity index (χ1n) is 8.27. The van der Waals surface area contributed by atoms with Crippen molar-refractivity contribution in [2.24, 2.45) is 5.92 Å². The molecule has 1 amide bonds. The van der Waals surface area contributed by atoms with E-state index in [4.69, 9.17) is 0 Å². The van der Waals surface area contributed by atoms with Crippen LogP contribution in [0.25, 0.3) is 0 Å². The first-order valence-corrected chi connectivity index (χ1v) is 8.27. The number of benzene rings is 1. The molecule has 0 spiro atoms. The summed E-state index contributed by atoms with van der Waals surface area (Å²) in [6.45, 7) is 4.59. The van der Waals surface area contributed by atoms with Crippen LogP contribution in [0, 0.1) is 18.7 Å². The number of nitrogens with one attached hydrogen (secondary N) is 1. The maximum Gasteiger partial charge on any atom is 0.251 e. The maximum atomic E-state index is 13.3. The largest absolute Gasteiger partial charge is 0.345 e. The Labute approximate surface area is 140 Å². The zero-order chi connectivity index (χ0) is 16.7. The molecule has 1 saturated heterocycles. The number of amides is 1. The Morgan fingerprint density at radius 1 is 1.38 bits per heavy atom. The highest BCUT2D eigenvalue weighted by molar-refractivity contribution is 5.95. The van der Waals surface area contributed by atoms with Crippen LogP contribution in [0.1, 0.15) is 28.2 Å². The average molecular weight is 325 g/mol. The van der Waals surface area contributed by atoms with Gasteiger partial charge in [0.05, 0.1) is 11.2 Å². The lowest BCUT2D eigenvalue weighted by atomic mass is 10.1. The number of likely N-dealkylation sites (tertiary alicyclic amines) is 1. The van der Waals surface area contributed by atoms with Crippen LogP contribution in [0.5, 0.6) is 0 Å². The van der Waals surface area contributed by atoms with Gasteiger partial charge in [-0.05, 0) is 49.6 Å². The number of fused-ring (bicyclic) bond motifs is 1. The smallest absolute Gasteiger partial charge is 0.251 e. The van der Waals surface area contributed by atoms with Gasteiger partial charge in [-0.15, -0.1) is 0 Å². The number of halogens is 1. The number of hydrogen-bond donors (Lipinski definition) is 1. The fraction of sp³-hybridized carbons (Fsp3) is 0.368. The molecule has 5 heteroatoms. The highest BCUT2D eigenvalue weighted by Crippen LogP contribution is 2.49. The number of aromatic nitrogens is 1. The number of nitrogens with zero attached hydrogens (tertiary/aromatic N) is 2. The lowest BCUT2D eigenvalue weighted by molar-refractivity contribution is 0.0926. The monoisotopic (exact) mass is 325 g/mol. The van der Waals surface area contributed by atoms with Crippen molar-refractivity contribution in [2.45, 2.75) is 25.4 Å². The predicted octanol–water partition coefficient (Wildman–Crippen LogP) is 2.53. The highest BCUT2D eigenvalue weighted by Gasteiger charge is 2.60. The van der Waals surface area contributed by atoms with Crippen LogP contribution in [0.3, 0.4) is 0 Å². The zero-order valence-corrected chi connectivity index (χ0v) is 13.6. The summed E-state index contributed by atoms with van der Waals surface area (Å²) in [5.74, 6) is -0.0848. The molecule has 1 aromatic carbocycles. The third kappa shape index (κ3) is 2.91. The van der Waals surface area contributed by atoms with Crippen LogP contribution in [0.2, 0.25) is 0 Å². The van der Waals surface area contributed by atoms with Gasteiger partial charge in [0.1, 0.15) is 5.82 Å². The Hall–Kier alpha value is -2.27. The molecule has 4 rings (SSSR count). The third-order valence-corrected chi connectivity index (χ3v) is 5.00. The van der Waals surface area contributed by atoms with Crippen LogP contribution < -0.4 is 5.32 Å². The van der Waals surface area contributed by atoms with E-state index in [-0.39, 0.29) is 17.3 Å². The summed E-state index contributed by atoms with van der Waals surface area (Å²) < 4.78 is 13.3. The second-order valence-electron chi connectivity index (χ2n) is 6.96. The Morgan fingerprint density at radius 2 is 2.21 bits per heavy atom. The summed E-state index contributed by atoms with van der Waals surface area (Å²) in [6.07, 6.45) is 1.01. The molecule has 0 bridgehead atoms. The summed E-state index contributed by atoms with van der Waals surface area (Å²) in [5, 5.41) is 3.13. The zero-order valence-electron chi connectivity index (χ0n) is 13.6. The van der Waals surface area contributed by atoms with Crippen molar-refractivity contribution in [3.63, 3.8) is 0 Å². The second-order valence-corrected chi connectivity index (χ2v) is 6.96. The van der Waals surface area contributed by atoms with Crippen molar-refractivity contribution in [3.05, 3.63) is 65.2 Å². The van der Waals surface area contributed by atoms with Gasteiger partial charge in [-0.2, -0.15) is 0 Å². The van der Waals surface area contributed by atoms with Gasteiger partial charge in [0.15, 0.2) is 0 Å². The number of hydrogen-bond acceptors (Lipinski definition) is 3. The summed E-state index contributed by atoms with van der Waals surface area (Å²) >= 11 is 0. The van der Waals surface area contributed by atoms with Crippen molar-refractivity contribution in [1.82, 2.24) is 15.2 Å². The Balaban J connectivity index is 1.40.